The third-order valence-electron chi connectivity index (χ3n) is 12.4. The van der Waals surface area contributed by atoms with E-state index in [1.165, 1.54) is 30.2 Å². The molecule has 5 N–H and O–H groups in total. The number of esters is 2. The minimum atomic E-state index is -1.83. The summed E-state index contributed by atoms with van der Waals surface area (Å²) in [5.74, 6) is -2.09. The zero-order valence-electron chi connectivity index (χ0n) is 47.2. The van der Waals surface area contributed by atoms with E-state index < -0.39 is 81.0 Å². The molecule has 0 bridgehead atoms. The van der Waals surface area contributed by atoms with Gasteiger partial charge in [-0.1, -0.05) is 66.6 Å². The van der Waals surface area contributed by atoms with Crippen LogP contribution in [0.1, 0.15) is 75.6 Å². The first kappa shape index (κ1) is 62.4. The SMILES string of the molecule is COC(=O)[C@@]1(N2CCN(NC(=O)NCCNC(=O)c3ccc(OCc4ccc(OC)cc4)c(OCc4ccc(OC)cc4)c3Cl)C2=O)CN2C(=O)C(NC(=O)/C(=N\OC(C)(C)C(=O)OCC(C)C)c3csc(NC(=O)OC(C)(C)C)n3)[C@H]2S1. The highest BCUT2D eigenvalue weighted by Gasteiger charge is 2.67. The summed E-state index contributed by atoms with van der Waals surface area (Å²) < 4.78 is 38.6. The average molecular weight is 1210 g/mol. The Morgan fingerprint density at radius 1 is 0.855 bits per heavy atom. The number of amides is 8. The van der Waals surface area contributed by atoms with Crippen molar-refractivity contribution in [1.82, 2.24) is 41.2 Å². The van der Waals surface area contributed by atoms with Crippen LogP contribution < -0.4 is 45.6 Å². The summed E-state index contributed by atoms with van der Waals surface area (Å²) in [5.41, 5.74) is 1.02. The monoisotopic (exact) mass is 1210 g/mol. The van der Waals surface area contributed by atoms with Gasteiger partial charge >= 0.3 is 30.1 Å². The number of hydrogen-bond donors (Lipinski definition) is 5. The molecule has 4 heterocycles. The molecule has 3 aromatic carbocycles. The van der Waals surface area contributed by atoms with E-state index in [2.05, 4.69) is 36.8 Å². The maximum atomic E-state index is 14.2. The number of β-lactam (4-membered cyclic amide) rings is 1. The highest BCUT2D eigenvalue weighted by Crippen LogP contribution is 2.50. The van der Waals surface area contributed by atoms with Gasteiger partial charge in [-0.3, -0.25) is 24.6 Å². The molecule has 3 fully saturated rings. The number of nitrogens with zero attached hydrogens (tertiary/aromatic N) is 5. The van der Waals surface area contributed by atoms with E-state index in [1.807, 2.05) is 38.1 Å². The van der Waals surface area contributed by atoms with Crippen LogP contribution in [0.5, 0.6) is 23.0 Å². The molecule has 0 radical (unpaired) electrons. The molecule has 3 atom stereocenters. The van der Waals surface area contributed by atoms with Crippen molar-refractivity contribution in [2.24, 2.45) is 11.1 Å². The number of fused-ring (bicyclic) bond motifs is 1. The van der Waals surface area contributed by atoms with Gasteiger partial charge in [0.2, 0.25) is 16.4 Å². The smallest absolute Gasteiger partial charge is 0.413 e. The van der Waals surface area contributed by atoms with Crippen LogP contribution in [0.25, 0.3) is 0 Å². The Hall–Kier alpha value is -8.24. The molecule has 26 nitrogen and oxygen atoms in total. The molecule has 3 aliphatic rings. The second-order valence-electron chi connectivity index (χ2n) is 20.6. The van der Waals surface area contributed by atoms with E-state index >= 15 is 0 Å². The number of nitrogens with one attached hydrogen (secondary N) is 5. The first-order valence-corrected chi connectivity index (χ1v) is 28.0. The number of anilines is 1. The minimum absolute atomic E-state index is 0.00899. The van der Waals surface area contributed by atoms with Crippen LogP contribution in [0.4, 0.5) is 19.5 Å². The molecule has 4 aromatic rings. The van der Waals surface area contributed by atoms with E-state index in [-0.39, 0.29) is 91.4 Å². The first-order valence-electron chi connectivity index (χ1n) is 25.9. The van der Waals surface area contributed by atoms with Crippen molar-refractivity contribution >= 4 is 93.4 Å². The summed E-state index contributed by atoms with van der Waals surface area (Å²) in [6.45, 7) is 11.1. The number of carbonyl (C=O) groups is 8. The van der Waals surface area contributed by atoms with Gasteiger partial charge in [0, 0.05) is 25.0 Å². The summed E-state index contributed by atoms with van der Waals surface area (Å²) in [4.78, 5) is 119. The lowest BCUT2D eigenvalue weighted by atomic mass is 10.1. The van der Waals surface area contributed by atoms with E-state index in [0.29, 0.717) is 11.5 Å². The van der Waals surface area contributed by atoms with Gasteiger partial charge in [0.25, 0.3) is 11.8 Å². The van der Waals surface area contributed by atoms with Crippen molar-refractivity contribution in [1.29, 1.82) is 0 Å². The van der Waals surface area contributed by atoms with Gasteiger partial charge in [-0.15, -0.1) is 11.3 Å². The van der Waals surface area contributed by atoms with E-state index in [0.717, 1.165) is 51.2 Å². The summed E-state index contributed by atoms with van der Waals surface area (Å²) in [5, 5.41) is 15.9. The van der Waals surface area contributed by atoms with Gasteiger partial charge in [0.1, 0.15) is 47.4 Å². The van der Waals surface area contributed by atoms with E-state index in [9.17, 15) is 38.4 Å². The molecule has 446 valence electrons. The molecule has 83 heavy (non-hydrogen) atoms. The molecule has 0 spiro atoms. The number of hydrazine groups is 1. The highest BCUT2D eigenvalue weighted by atomic mass is 35.5. The molecular formula is C54H65ClN10O16S2. The summed E-state index contributed by atoms with van der Waals surface area (Å²) in [7, 11) is 4.25. The van der Waals surface area contributed by atoms with Crippen LogP contribution in [-0.4, -0.2) is 161 Å². The Bertz CT molecular complexity index is 3100. The maximum Gasteiger partial charge on any atom is 0.413 e. The number of ether oxygens (including phenoxy) is 7. The Morgan fingerprint density at radius 3 is 2.11 bits per heavy atom. The molecule has 3 aliphatic heterocycles. The molecule has 29 heteroatoms. The molecular weight excluding hydrogens is 1140 g/mol. The predicted octanol–water partition coefficient (Wildman–Crippen LogP) is 5.67. The van der Waals surface area contributed by atoms with Crippen molar-refractivity contribution in [3.05, 3.63) is 93.5 Å². The molecule has 7 rings (SSSR count). The molecule has 0 saturated carbocycles. The van der Waals surface area contributed by atoms with E-state index in [1.54, 1.807) is 65.3 Å². The number of oxime groups is 1. The molecule has 1 aromatic heterocycles. The Balaban J connectivity index is 0.963. The van der Waals surface area contributed by atoms with Crippen molar-refractivity contribution in [3.63, 3.8) is 0 Å². The Labute approximate surface area is 491 Å². The molecule has 0 aliphatic carbocycles. The average Bonchev–Trinajstić information content (AvgIpc) is 2.24. The Morgan fingerprint density at radius 2 is 1.49 bits per heavy atom. The van der Waals surface area contributed by atoms with Crippen LogP contribution in [0, 0.1) is 5.92 Å². The number of thioether (sulfide) groups is 1. The summed E-state index contributed by atoms with van der Waals surface area (Å²) in [6.07, 6.45) is -0.820. The second kappa shape index (κ2) is 26.8. The highest BCUT2D eigenvalue weighted by molar-refractivity contribution is 8.02. The number of hydrogen-bond acceptors (Lipinski definition) is 20. The van der Waals surface area contributed by atoms with Gasteiger partial charge < -0.3 is 58.8 Å². The number of benzene rings is 3. The van der Waals surface area contributed by atoms with Crippen molar-refractivity contribution in [3.8, 4) is 23.0 Å². The summed E-state index contributed by atoms with van der Waals surface area (Å²) >= 11 is 8.65. The van der Waals surface area contributed by atoms with Crippen molar-refractivity contribution < 1.29 is 76.4 Å². The number of thiazole rings is 1. The molecule has 1 unspecified atom stereocenters. The fourth-order valence-electron chi connectivity index (χ4n) is 8.12. The van der Waals surface area contributed by atoms with Crippen molar-refractivity contribution in [2.45, 2.75) is 89.2 Å². The third-order valence-corrected chi connectivity index (χ3v) is 15.2. The van der Waals surface area contributed by atoms with Crippen molar-refractivity contribution in [2.75, 3.05) is 66.0 Å². The van der Waals surface area contributed by atoms with Crippen LogP contribution in [0.3, 0.4) is 0 Å². The molecule has 3 saturated heterocycles. The maximum absolute atomic E-state index is 14.2. The fourth-order valence-corrected chi connectivity index (χ4v) is 10.8. The van der Waals surface area contributed by atoms with Crippen LogP contribution in [-0.2, 0) is 51.4 Å². The number of aromatic nitrogens is 1. The quantitative estimate of drug-likeness (QED) is 0.0141. The van der Waals surface area contributed by atoms with Crippen LogP contribution >= 0.6 is 34.7 Å². The minimum Gasteiger partial charge on any atom is -0.497 e. The Kier molecular flexibility index (Phi) is 20.1. The van der Waals surface area contributed by atoms with Crippen LogP contribution in [0.2, 0.25) is 5.02 Å². The lowest BCUT2D eigenvalue weighted by molar-refractivity contribution is -0.169. The van der Waals surface area contributed by atoms with Gasteiger partial charge in [0.15, 0.2) is 22.3 Å². The molecule has 8 amide bonds. The predicted molar refractivity (Wildman–Crippen MR) is 303 cm³/mol. The van der Waals surface area contributed by atoms with Gasteiger partial charge in [-0.05, 0) is 88.1 Å². The van der Waals surface area contributed by atoms with E-state index in [4.69, 9.17) is 49.6 Å². The zero-order valence-corrected chi connectivity index (χ0v) is 49.6. The topological polar surface area (TPSA) is 306 Å². The number of rotatable bonds is 24. The summed E-state index contributed by atoms with van der Waals surface area (Å²) in [6, 6.07) is 14.6. The van der Waals surface area contributed by atoms with Gasteiger partial charge in [-0.25, -0.2) is 39.4 Å². The standard InChI is InChI=1S/C54H65ClN10O16S2/c1-30(2)25-79-46(69)53(6,7)81-62-39(36-28-82-49(58-36)60-50(72)80-52(3,4)5)43(67)59-40-44(68)63-29-54(47(70)76-10,83-45(40)63)64-23-24-65(51(64)73)61-48(71)57-22-21-56-42(66)35-19-20-37(77-26-31-11-15-33(74-8)16-12-31)41(38(35)55)78-27-32-13-17-34(75-9)18-14-32/h11-20,28,30,40,45H,21-27,29H2,1-10H3,(H,56,66)(H,59,67)(H2,57,61,71)(H,58,60,72)/b62-39-/t40?,45-,54-/m1/s1. The number of urea groups is 2. The van der Waals surface area contributed by atoms with Gasteiger partial charge in [-0.2, -0.15) is 0 Å². The largest absolute Gasteiger partial charge is 0.497 e. The number of halogens is 1. The second-order valence-corrected chi connectivity index (χ2v) is 23.3. The third kappa shape index (κ3) is 15.3. The fraction of sp³-hybridized carbons (Fsp3) is 0.444. The van der Waals surface area contributed by atoms with Gasteiger partial charge in [0.05, 0.1) is 51.6 Å². The lowest BCUT2D eigenvalue weighted by Crippen LogP contribution is -2.68. The number of methoxy groups -OCH3 is 3. The van der Waals surface area contributed by atoms with Crippen LogP contribution in [0.15, 0.2) is 71.2 Å². The lowest BCUT2D eigenvalue weighted by Gasteiger charge is -2.41. The first-order chi connectivity index (χ1) is 39.4. The number of carbonyl (C=O) groups excluding carboxylic acids is 8. The zero-order chi connectivity index (χ0) is 60.4. The normalized spacial score (nSPS) is 17.6.